The number of nitrogens with one attached hydrogen (secondary N) is 2. The molecule has 2 aromatic carbocycles. The molecule has 3 N–H and O–H groups in total. The molecule has 0 unspecified atom stereocenters. The van der Waals surface area contributed by atoms with Crippen LogP contribution in [0.1, 0.15) is 5.56 Å². The van der Waals surface area contributed by atoms with Gasteiger partial charge < -0.3 is 4.74 Å². The number of methoxy groups -OCH3 is 1. The Morgan fingerprint density at radius 3 is 2.08 bits per heavy atom. The first kappa shape index (κ1) is 19.2. The third-order valence-corrected chi connectivity index (χ3v) is 5.25. The molecule has 136 valence electrons. The monoisotopic (exact) mass is 386 g/mol. The molecule has 8 nitrogen and oxygen atoms in total. The molecule has 2 rings (SSSR count). The Morgan fingerprint density at radius 1 is 0.960 bits per heavy atom. The Balaban J connectivity index is 1.92. The first-order valence-electron chi connectivity index (χ1n) is 7.17. The summed E-state index contributed by atoms with van der Waals surface area (Å²) in [4.78, 5) is 0.140. The Kier molecular flexibility index (Phi) is 6.01. The molecule has 25 heavy (non-hydrogen) atoms. The highest BCUT2D eigenvalue weighted by molar-refractivity contribution is 7.89. The van der Waals surface area contributed by atoms with E-state index in [9.17, 15) is 16.8 Å². The summed E-state index contributed by atoms with van der Waals surface area (Å²) in [6.07, 6.45) is 0.418. The second kappa shape index (κ2) is 7.83. The maximum atomic E-state index is 12.2. The lowest BCUT2D eigenvalue weighted by atomic mass is 10.1. The quantitative estimate of drug-likeness (QED) is 0.590. The van der Waals surface area contributed by atoms with E-state index in [1.807, 2.05) is 4.72 Å². The van der Waals surface area contributed by atoms with E-state index >= 15 is 0 Å². The van der Waals surface area contributed by atoms with Crippen LogP contribution in [-0.4, -0.2) is 35.0 Å². The van der Waals surface area contributed by atoms with Crippen molar-refractivity contribution in [3.8, 4) is 5.75 Å². The summed E-state index contributed by atoms with van der Waals surface area (Å²) in [7, 11) is -6.43. The lowest BCUT2D eigenvalue weighted by Crippen LogP contribution is -2.25. The van der Waals surface area contributed by atoms with Crippen molar-refractivity contribution in [2.24, 2.45) is 0 Å². The van der Waals surface area contributed by atoms with Crippen molar-refractivity contribution in [2.75, 3.05) is 18.4 Å². The topological polar surface area (TPSA) is 122 Å². The SMILES string of the molecule is COc1ccc(S(=O)(=O)NCCc2ccc(NS(=O)(=O)O)cc2)cc1. The van der Waals surface area contributed by atoms with Crippen molar-refractivity contribution in [1.29, 1.82) is 0 Å². The minimum absolute atomic E-state index is 0.140. The van der Waals surface area contributed by atoms with Crippen LogP contribution in [0.15, 0.2) is 53.4 Å². The summed E-state index contributed by atoms with van der Waals surface area (Å²) in [5, 5.41) is 0. The van der Waals surface area contributed by atoms with Crippen molar-refractivity contribution in [3.63, 3.8) is 0 Å². The van der Waals surface area contributed by atoms with Gasteiger partial charge in [0.15, 0.2) is 0 Å². The van der Waals surface area contributed by atoms with Gasteiger partial charge in [0.25, 0.3) is 0 Å². The van der Waals surface area contributed by atoms with Gasteiger partial charge >= 0.3 is 10.3 Å². The van der Waals surface area contributed by atoms with E-state index in [-0.39, 0.29) is 17.1 Å². The fourth-order valence-corrected chi connectivity index (χ4v) is 3.52. The maximum Gasteiger partial charge on any atom is 0.357 e. The fourth-order valence-electron chi connectivity index (χ4n) is 2.06. The number of sulfonamides is 1. The minimum Gasteiger partial charge on any atom is -0.497 e. The molecule has 0 aliphatic carbocycles. The predicted molar refractivity (Wildman–Crippen MR) is 93.5 cm³/mol. The predicted octanol–water partition coefficient (Wildman–Crippen LogP) is 1.43. The van der Waals surface area contributed by atoms with Crippen molar-refractivity contribution in [3.05, 3.63) is 54.1 Å². The molecular weight excluding hydrogens is 368 g/mol. The second-order valence-corrected chi connectivity index (χ2v) is 8.02. The number of rotatable bonds is 8. The Bertz CT molecular complexity index is 907. The summed E-state index contributed by atoms with van der Waals surface area (Å²) < 4.78 is 63.9. The van der Waals surface area contributed by atoms with Gasteiger partial charge in [-0.05, 0) is 48.4 Å². The smallest absolute Gasteiger partial charge is 0.357 e. The summed E-state index contributed by atoms with van der Waals surface area (Å²) in [5.41, 5.74) is 1.02. The first-order valence-corrected chi connectivity index (χ1v) is 10.1. The third kappa shape index (κ3) is 6.02. The van der Waals surface area contributed by atoms with Crippen LogP contribution in [0.2, 0.25) is 0 Å². The van der Waals surface area contributed by atoms with Gasteiger partial charge in [0.2, 0.25) is 10.0 Å². The van der Waals surface area contributed by atoms with E-state index in [1.165, 1.54) is 31.4 Å². The number of hydrogen-bond donors (Lipinski definition) is 3. The largest absolute Gasteiger partial charge is 0.497 e. The lowest BCUT2D eigenvalue weighted by Gasteiger charge is -2.08. The van der Waals surface area contributed by atoms with E-state index < -0.39 is 20.3 Å². The molecule has 10 heteroatoms. The average Bonchev–Trinajstić information content (AvgIpc) is 2.55. The molecule has 0 aromatic heterocycles. The van der Waals surface area contributed by atoms with Gasteiger partial charge in [-0.15, -0.1) is 0 Å². The molecule has 0 spiro atoms. The van der Waals surface area contributed by atoms with Gasteiger partial charge in [-0.25, -0.2) is 13.1 Å². The molecule has 0 bridgehead atoms. The molecule has 0 heterocycles. The maximum absolute atomic E-state index is 12.2. The molecule has 0 amide bonds. The van der Waals surface area contributed by atoms with E-state index in [0.29, 0.717) is 12.2 Å². The molecule has 0 aliphatic heterocycles. The Morgan fingerprint density at radius 2 is 1.56 bits per heavy atom. The van der Waals surface area contributed by atoms with Gasteiger partial charge in [-0.2, -0.15) is 8.42 Å². The average molecular weight is 386 g/mol. The van der Waals surface area contributed by atoms with Gasteiger partial charge in [-0.3, -0.25) is 9.27 Å². The number of hydrogen-bond acceptors (Lipinski definition) is 5. The zero-order valence-electron chi connectivity index (χ0n) is 13.3. The van der Waals surface area contributed by atoms with Gasteiger partial charge in [0.1, 0.15) is 5.75 Å². The van der Waals surface area contributed by atoms with Gasteiger partial charge in [0.05, 0.1) is 17.7 Å². The first-order chi connectivity index (χ1) is 11.7. The van der Waals surface area contributed by atoms with Crippen LogP contribution in [0.5, 0.6) is 5.75 Å². The Labute approximate surface area is 146 Å². The summed E-state index contributed by atoms with van der Waals surface area (Å²) in [6.45, 7) is 0.180. The standard InChI is InChI=1S/C15H18N2O6S2/c1-23-14-6-8-15(9-7-14)24(18,19)16-11-10-12-2-4-13(5-3-12)17-25(20,21)22/h2-9,16-17H,10-11H2,1H3,(H,20,21,22). The molecule has 2 aromatic rings. The fraction of sp³-hybridized carbons (Fsp3) is 0.200. The van der Waals surface area contributed by atoms with Crippen LogP contribution in [0.25, 0.3) is 0 Å². The van der Waals surface area contributed by atoms with Crippen LogP contribution >= 0.6 is 0 Å². The van der Waals surface area contributed by atoms with Crippen molar-refractivity contribution >= 4 is 26.0 Å². The molecular formula is C15H18N2O6S2. The number of benzene rings is 2. The number of ether oxygens (including phenoxy) is 1. The molecule has 0 atom stereocenters. The van der Waals surface area contributed by atoms with E-state index in [0.717, 1.165) is 5.56 Å². The lowest BCUT2D eigenvalue weighted by molar-refractivity contribution is 0.414. The normalized spacial score (nSPS) is 11.9. The highest BCUT2D eigenvalue weighted by Crippen LogP contribution is 2.15. The van der Waals surface area contributed by atoms with Crippen LogP contribution < -0.4 is 14.2 Å². The molecule has 0 radical (unpaired) electrons. The van der Waals surface area contributed by atoms with Crippen LogP contribution in [0.3, 0.4) is 0 Å². The summed E-state index contributed by atoms with van der Waals surface area (Å²) in [6, 6.07) is 12.3. The van der Waals surface area contributed by atoms with E-state index in [2.05, 4.69) is 4.72 Å². The highest BCUT2D eigenvalue weighted by Gasteiger charge is 2.13. The van der Waals surface area contributed by atoms with Gasteiger partial charge in [-0.1, -0.05) is 12.1 Å². The summed E-state index contributed by atoms with van der Waals surface area (Å²) in [5.74, 6) is 0.567. The molecule has 0 fully saturated rings. The molecule has 0 saturated heterocycles. The molecule has 0 aliphatic rings. The minimum atomic E-state index is -4.31. The van der Waals surface area contributed by atoms with Crippen molar-refractivity contribution < 1.29 is 26.1 Å². The third-order valence-electron chi connectivity index (χ3n) is 3.28. The van der Waals surface area contributed by atoms with Crippen molar-refractivity contribution in [1.82, 2.24) is 4.72 Å². The second-order valence-electron chi connectivity index (χ2n) is 5.10. The number of anilines is 1. The van der Waals surface area contributed by atoms with Crippen LogP contribution in [-0.2, 0) is 26.7 Å². The zero-order chi connectivity index (χ0) is 18.5. The van der Waals surface area contributed by atoms with E-state index in [1.54, 1.807) is 24.3 Å². The van der Waals surface area contributed by atoms with Crippen LogP contribution in [0, 0.1) is 0 Å². The van der Waals surface area contributed by atoms with Gasteiger partial charge in [0, 0.05) is 6.54 Å². The van der Waals surface area contributed by atoms with Crippen molar-refractivity contribution in [2.45, 2.75) is 11.3 Å². The van der Waals surface area contributed by atoms with Crippen LogP contribution in [0.4, 0.5) is 5.69 Å². The highest BCUT2D eigenvalue weighted by atomic mass is 32.2. The zero-order valence-corrected chi connectivity index (χ0v) is 15.0. The summed E-state index contributed by atoms with van der Waals surface area (Å²) >= 11 is 0. The Hall–Kier alpha value is -2.14. The molecule has 0 saturated carbocycles. The van der Waals surface area contributed by atoms with E-state index in [4.69, 9.17) is 9.29 Å².